The van der Waals surface area contributed by atoms with Gasteiger partial charge in [-0.25, -0.2) is 4.79 Å². The van der Waals surface area contributed by atoms with Crippen molar-refractivity contribution in [2.75, 3.05) is 0 Å². The zero-order valence-electron chi connectivity index (χ0n) is 9.20. The number of aromatic hydroxyl groups is 1. The summed E-state index contributed by atoms with van der Waals surface area (Å²) in [4.78, 5) is 11.0. The topological polar surface area (TPSA) is 86.2 Å². The van der Waals surface area contributed by atoms with Gasteiger partial charge in [0, 0.05) is 11.1 Å². The number of aromatic carboxylic acids is 1. The third-order valence-electron chi connectivity index (χ3n) is 3.18. The van der Waals surface area contributed by atoms with E-state index in [9.17, 15) is 9.90 Å². The molecule has 0 atom stereocenters. The summed E-state index contributed by atoms with van der Waals surface area (Å²) in [5.74, 6) is -0.809. The molecule has 0 spiro atoms. The van der Waals surface area contributed by atoms with Crippen LogP contribution in [0.1, 0.15) is 21.6 Å². The van der Waals surface area contributed by atoms with Crippen LogP contribution in [0.2, 0.25) is 0 Å². The molecule has 0 saturated carbocycles. The van der Waals surface area contributed by atoms with E-state index in [0.717, 1.165) is 16.7 Å². The van der Waals surface area contributed by atoms with Crippen LogP contribution in [0.4, 0.5) is 0 Å². The lowest BCUT2D eigenvalue weighted by atomic mass is 9.89. The monoisotopic (exact) mass is 308 g/mol. The first-order chi connectivity index (χ1) is 8.59. The molecule has 0 amide bonds. The molecule has 0 radical (unpaired) electrons. The predicted octanol–water partition coefficient (Wildman–Crippen LogP) is 2.34. The van der Waals surface area contributed by atoms with Crippen LogP contribution < -0.4 is 0 Å². The van der Waals surface area contributed by atoms with E-state index in [4.69, 9.17) is 5.11 Å². The van der Waals surface area contributed by atoms with Crippen LogP contribution in [0.5, 0.6) is 5.75 Å². The van der Waals surface area contributed by atoms with Gasteiger partial charge in [0.15, 0.2) is 0 Å². The molecule has 1 heterocycles. The molecule has 0 bridgehead atoms. The number of halogens is 1. The number of nitrogens with zero attached hydrogens (tertiary/aromatic N) is 1. The fraction of sp³-hybridized carbons (Fsp3) is 0.167. The standard InChI is InChI=1S/C12H9BrN2O3/c13-9-5-1-2-7-10(6(5)3-4-8(9)16)14-15-11(7)12(17)18/h3-4,16H,1-2H2,(H,14,15)(H,17,18). The zero-order valence-corrected chi connectivity index (χ0v) is 10.8. The van der Waals surface area contributed by atoms with Crippen molar-refractivity contribution in [3.63, 3.8) is 0 Å². The number of carboxylic acids is 1. The molecule has 6 heteroatoms. The van der Waals surface area contributed by atoms with Gasteiger partial charge in [-0.15, -0.1) is 0 Å². The van der Waals surface area contributed by atoms with E-state index < -0.39 is 5.97 Å². The molecule has 0 unspecified atom stereocenters. The zero-order chi connectivity index (χ0) is 12.9. The van der Waals surface area contributed by atoms with Crippen LogP contribution in [0.3, 0.4) is 0 Å². The van der Waals surface area contributed by atoms with E-state index in [0.29, 0.717) is 23.0 Å². The molecule has 92 valence electrons. The summed E-state index contributed by atoms with van der Waals surface area (Å²) in [6.07, 6.45) is 1.28. The highest BCUT2D eigenvalue weighted by atomic mass is 79.9. The van der Waals surface area contributed by atoms with Crippen molar-refractivity contribution >= 4 is 21.9 Å². The Balaban J connectivity index is 2.25. The van der Waals surface area contributed by atoms with Gasteiger partial charge in [0.2, 0.25) is 0 Å². The molecule has 5 nitrogen and oxygen atoms in total. The number of aromatic nitrogens is 2. The Bertz CT molecular complexity index is 664. The van der Waals surface area contributed by atoms with E-state index in [1.165, 1.54) is 0 Å². The minimum Gasteiger partial charge on any atom is -0.507 e. The molecular weight excluding hydrogens is 300 g/mol. The quantitative estimate of drug-likeness (QED) is 0.754. The molecule has 1 aromatic heterocycles. The van der Waals surface area contributed by atoms with Gasteiger partial charge in [-0.1, -0.05) is 0 Å². The van der Waals surface area contributed by atoms with Crippen molar-refractivity contribution in [1.29, 1.82) is 0 Å². The van der Waals surface area contributed by atoms with Gasteiger partial charge in [0.25, 0.3) is 0 Å². The maximum Gasteiger partial charge on any atom is 0.354 e. The summed E-state index contributed by atoms with van der Waals surface area (Å²) in [6, 6.07) is 3.34. The summed E-state index contributed by atoms with van der Waals surface area (Å²) < 4.78 is 0.658. The van der Waals surface area contributed by atoms with Crippen molar-refractivity contribution in [3.8, 4) is 17.0 Å². The highest BCUT2D eigenvalue weighted by molar-refractivity contribution is 9.10. The fourth-order valence-electron chi connectivity index (χ4n) is 2.33. The van der Waals surface area contributed by atoms with E-state index in [-0.39, 0.29) is 11.4 Å². The van der Waals surface area contributed by atoms with Crippen molar-refractivity contribution < 1.29 is 15.0 Å². The SMILES string of the molecule is O=C(O)c1[nH]nc2c1CCc1c-2ccc(O)c1Br. The molecule has 0 aliphatic heterocycles. The average Bonchev–Trinajstić information content (AvgIpc) is 2.77. The summed E-state index contributed by atoms with van der Waals surface area (Å²) in [7, 11) is 0. The number of H-pyrrole nitrogens is 1. The second-order valence-electron chi connectivity index (χ2n) is 4.16. The Hall–Kier alpha value is -1.82. The molecule has 1 aromatic carbocycles. The number of carboxylic acid groups (broad SMARTS) is 1. The highest BCUT2D eigenvalue weighted by Crippen LogP contribution is 2.40. The Labute approximate surface area is 111 Å². The van der Waals surface area contributed by atoms with Gasteiger partial charge >= 0.3 is 5.97 Å². The van der Waals surface area contributed by atoms with E-state index >= 15 is 0 Å². The number of benzene rings is 1. The number of phenols is 1. The van der Waals surface area contributed by atoms with Gasteiger partial charge in [-0.2, -0.15) is 5.10 Å². The first-order valence-corrected chi connectivity index (χ1v) is 6.20. The number of rotatable bonds is 1. The molecule has 0 fully saturated rings. The smallest absolute Gasteiger partial charge is 0.354 e. The molecule has 18 heavy (non-hydrogen) atoms. The maximum absolute atomic E-state index is 11.0. The largest absolute Gasteiger partial charge is 0.507 e. The Morgan fingerprint density at radius 3 is 2.78 bits per heavy atom. The molecule has 1 aliphatic carbocycles. The van der Waals surface area contributed by atoms with Gasteiger partial charge in [-0.3, -0.25) is 5.10 Å². The van der Waals surface area contributed by atoms with Gasteiger partial charge in [0.1, 0.15) is 11.4 Å². The van der Waals surface area contributed by atoms with Crippen molar-refractivity contribution in [2.24, 2.45) is 0 Å². The molecule has 0 saturated heterocycles. The van der Waals surface area contributed by atoms with Crippen molar-refractivity contribution in [1.82, 2.24) is 10.2 Å². The first kappa shape index (κ1) is 11.3. The van der Waals surface area contributed by atoms with Gasteiger partial charge in [-0.05, 0) is 46.5 Å². The number of aromatic amines is 1. The van der Waals surface area contributed by atoms with E-state index in [1.54, 1.807) is 12.1 Å². The normalized spacial score (nSPS) is 12.9. The molecular formula is C12H9BrN2O3. The molecule has 2 aromatic rings. The second kappa shape index (κ2) is 3.84. The predicted molar refractivity (Wildman–Crippen MR) is 67.8 cm³/mol. The molecule has 1 aliphatic rings. The average molecular weight is 309 g/mol. The lowest BCUT2D eigenvalue weighted by molar-refractivity contribution is 0.0689. The Kier molecular flexibility index (Phi) is 2.41. The Morgan fingerprint density at radius 1 is 1.33 bits per heavy atom. The van der Waals surface area contributed by atoms with Crippen LogP contribution in [0.25, 0.3) is 11.3 Å². The summed E-state index contributed by atoms with van der Waals surface area (Å²) in [6.45, 7) is 0. The third-order valence-corrected chi connectivity index (χ3v) is 4.07. The second-order valence-corrected chi connectivity index (χ2v) is 4.95. The lowest BCUT2D eigenvalue weighted by Crippen LogP contribution is -2.08. The van der Waals surface area contributed by atoms with Crippen molar-refractivity contribution in [3.05, 3.63) is 33.4 Å². The summed E-state index contributed by atoms with van der Waals surface area (Å²) in [5.41, 5.74) is 3.37. The number of carbonyl (C=O) groups is 1. The van der Waals surface area contributed by atoms with Crippen LogP contribution in [0.15, 0.2) is 16.6 Å². The van der Waals surface area contributed by atoms with Crippen LogP contribution in [0, 0.1) is 0 Å². The number of nitrogens with one attached hydrogen (secondary N) is 1. The summed E-state index contributed by atoms with van der Waals surface area (Å²) >= 11 is 3.35. The first-order valence-electron chi connectivity index (χ1n) is 5.41. The van der Waals surface area contributed by atoms with Crippen molar-refractivity contribution in [2.45, 2.75) is 12.8 Å². The van der Waals surface area contributed by atoms with Gasteiger partial charge < -0.3 is 10.2 Å². The minimum atomic E-state index is -0.995. The number of fused-ring (bicyclic) bond motifs is 3. The number of hydrogen-bond donors (Lipinski definition) is 3. The van der Waals surface area contributed by atoms with E-state index in [1.807, 2.05) is 0 Å². The fourth-order valence-corrected chi connectivity index (χ4v) is 2.88. The Morgan fingerprint density at radius 2 is 2.06 bits per heavy atom. The molecule has 3 rings (SSSR count). The number of hydrogen-bond acceptors (Lipinski definition) is 3. The van der Waals surface area contributed by atoms with Crippen LogP contribution in [-0.4, -0.2) is 26.4 Å². The summed E-state index contributed by atoms with van der Waals surface area (Å²) in [5, 5.41) is 25.3. The van der Waals surface area contributed by atoms with Crippen LogP contribution in [-0.2, 0) is 12.8 Å². The van der Waals surface area contributed by atoms with Crippen LogP contribution >= 0.6 is 15.9 Å². The minimum absolute atomic E-state index is 0.153. The highest BCUT2D eigenvalue weighted by Gasteiger charge is 2.26. The lowest BCUT2D eigenvalue weighted by Gasteiger charge is -2.17. The number of phenolic OH excluding ortho intramolecular Hbond substituents is 1. The maximum atomic E-state index is 11.0. The molecule has 3 N–H and O–H groups in total. The third kappa shape index (κ3) is 1.45. The van der Waals surface area contributed by atoms with E-state index in [2.05, 4.69) is 26.1 Å². The van der Waals surface area contributed by atoms with Gasteiger partial charge in [0.05, 0.1) is 10.2 Å².